The van der Waals surface area contributed by atoms with Gasteiger partial charge < -0.3 is 83.1 Å². The van der Waals surface area contributed by atoms with Crippen molar-refractivity contribution in [3.63, 3.8) is 0 Å². The molecule has 528 valence electrons. The second-order valence-corrected chi connectivity index (χ2v) is 23.5. The van der Waals surface area contributed by atoms with E-state index in [9.17, 15) is 78.3 Å². The number of rotatable bonds is 40. The molecule has 9 atom stereocenters. The number of aromatic amines is 2. The zero-order valence-corrected chi connectivity index (χ0v) is 54.5. The summed E-state index contributed by atoms with van der Waals surface area (Å²) in [6, 6.07) is 5.93. The van der Waals surface area contributed by atoms with Gasteiger partial charge in [0.25, 0.3) is 0 Å². The fourth-order valence-electron chi connectivity index (χ4n) is 9.64. The summed E-state index contributed by atoms with van der Waals surface area (Å²) in [5.41, 5.74) is 7.87. The third-order valence-electron chi connectivity index (χ3n) is 15.3. The first-order valence-electron chi connectivity index (χ1n) is 30.9. The van der Waals surface area contributed by atoms with Crippen molar-refractivity contribution in [3.8, 4) is 16.9 Å². The number of halogens is 1. The van der Waals surface area contributed by atoms with Crippen LogP contribution in [0.2, 0.25) is 0 Å². The Hall–Kier alpha value is -11.0. The van der Waals surface area contributed by atoms with Crippen molar-refractivity contribution in [2.45, 2.75) is 147 Å². The van der Waals surface area contributed by atoms with Crippen LogP contribution in [-0.2, 0) is 84.8 Å². The Morgan fingerprint density at radius 2 is 1.41 bits per heavy atom. The molecule has 2 aromatic heterocycles. The number of amides is 9. The van der Waals surface area contributed by atoms with Gasteiger partial charge in [-0.2, -0.15) is 0 Å². The molecule has 35 nitrogen and oxygen atoms in total. The highest BCUT2D eigenvalue weighted by molar-refractivity contribution is 6.06. The molecule has 98 heavy (non-hydrogen) atoms. The summed E-state index contributed by atoms with van der Waals surface area (Å²) in [4.78, 5) is 158. The Morgan fingerprint density at radius 1 is 0.735 bits per heavy atom. The van der Waals surface area contributed by atoms with Crippen molar-refractivity contribution in [1.82, 2.24) is 78.4 Å². The molecule has 16 N–H and O–H groups in total. The second kappa shape index (κ2) is 37.4. The smallest absolute Gasteiger partial charge is 0.326 e. The predicted octanol–water partition coefficient (Wildman–Crippen LogP) is -1.61. The summed E-state index contributed by atoms with van der Waals surface area (Å²) < 4.78 is 21.2. The Labute approximate surface area is 560 Å². The van der Waals surface area contributed by atoms with Crippen LogP contribution in [0.25, 0.3) is 21.6 Å². The van der Waals surface area contributed by atoms with E-state index in [0.717, 1.165) is 43.5 Å². The molecule has 0 bridgehead atoms. The van der Waals surface area contributed by atoms with Gasteiger partial charge in [-0.3, -0.25) is 47.9 Å². The number of aromatic nitrogens is 6. The SMILES string of the molecule is CCc1cc(OCCCCN=[N+]=[N-])ccc1-c1ccc(C[C@H](NC(=O)[C@H](CC(=O)O)NC(=O)[C@H](CO)NC(=O)[C@@H](NC(=O)C(C)(Cc2ccccc2F)NC(=O)[C@@H](NC(=O)CNC(=O)[C@H](Cc2nnn[nH]2)NC(=O)C(C)(C)C(=O)NCCc2cnc[nH]2)[C@@H](C)O)[C@@H](C)O)C(=O)O)cc1. The first-order chi connectivity index (χ1) is 46.5. The third-order valence-corrected chi connectivity index (χ3v) is 15.3. The summed E-state index contributed by atoms with van der Waals surface area (Å²) in [5, 5.41) is 89.2. The summed E-state index contributed by atoms with van der Waals surface area (Å²) in [7, 11) is 0. The molecule has 0 radical (unpaired) electrons. The highest BCUT2D eigenvalue weighted by Crippen LogP contribution is 2.29. The van der Waals surface area contributed by atoms with E-state index in [-0.39, 0.29) is 30.8 Å². The van der Waals surface area contributed by atoms with Crippen LogP contribution in [0.5, 0.6) is 5.75 Å². The maximum Gasteiger partial charge on any atom is 0.326 e. The average molecular weight is 1370 g/mol. The number of nitrogens with zero attached hydrogens (tertiary/aromatic N) is 7. The van der Waals surface area contributed by atoms with Gasteiger partial charge in [0.05, 0.1) is 44.7 Å². The van der Waals surface area contributed by atoms with E-state index < -0.39 is 156 Å². The molecule has 9 amide bonds. The summed E-state index contributed by atoms with van der Waals surface area (Å²) >= 11 is 0. The maximum atomic E-state index is 15.4. The molecule has 0 aliphatic carbocycles. The number of carboxylic acids is 2. The van der Waals surface area contributed by atoms with Gasteiger partial charge in [0.1, 0.15) is 58.8 Å². The molecular weight excluding hydrogens is 1290 g/mol. The predicted molar refractivity (Wildman–Crippen MR) is 342 cm³/mol. The number of H-pyrrole nitrogens is 2. The third kappa shape index (κ3) is 23.4. The number of tetrazole rings is 1. The van der Waals surface area contributed by atoms with Crippen molar-refractivity contribution >= 4 is 65.1 Å². The number of unbranched alkanes of at least 4 members (excludes halogenated alkanes) is 1. The van der Waals surface area contributed by atoms with Crippen molar-refractivity contribution in [3.05, 3.63) is 124 Å². The number of imidazole rings is 1. The molecular formula is C62H81FN18O17. The van der Waals surface area contributed by atoms with Gasteiger partial charge in [0.15, 0.2) is 5.82 Å². The quantitative estimate of drug-likeness (QED) is 0.00689. The number of azide groups is 1. The molecule has 3 aromatic carbocycles. The standard InChI is InChI=1S/C62H81FN18O17/c1-7-36-25-40(98-23-11-10-21-69-79-64)18-19-41(36)37-16-14-35(15-17-37)24-45(57(93)94)71-53(89)44(27-49(86)87)70-54(90)46(31-82)72-55(91)50(33(2)83)75-60(97)62(6,28-38-12-8-9-13-42(38)63)76-56(92)51(34(3)84)74-48(85)30-67-52(88)43(26-47-77-80-81-78-47)73-59(96)61(4,5)58(95)66-22-20-39-29-65-32-68-39/h8-9,12-19,25,29,32-34,43-46,50-51,82-84H,7,10-11,20-24,26-28,30-31H2,1-6H3,(H,65,68)(H,66,95)(H,67,88)(H,70,90)(H,71,89)(H,72,91)(H,73,96)(H,74,85)(H,75,97)(H,76,92)(H,86,87)(H,93,94)(H,77,78,80,81)/t33-,34-,43+,44+,45+,46+,50+,51+,62?/m1/s1. The van der Waals surface area contributed by atoms with E-state index in [4.69, 9.17) is 10.3 Å². The Balaban J connectivity index is 1.24. The Bertz CT molecular complexity index is 3630. The minimum atomic E-state index is -2.38. The van der Waals surface area contributed by atoms with Crippen LogP contribution < -0.4 is 52.6 Å². The molecule has 1 unspecified atom stereocenters. The first-order valence-corrected chi connectivity index (χ1v) is 30.9. The lowest BCUT2D eigenvalue weighted by molar-refractivity contribution is -0.144. The number of nitrogens with one attached hydrogen (secondary N) is 11. The first kappa shape index (κ1) is 77.7. The molecule has 5 rings (SSSR count). The van der Waals surface area contributed by atoms with Crippen molar-refractivity contribution in [1.29, 1.82) is 0 Å². The molecule has 5 aromatic rings. The van der Waals surface area contributed by atoms with Crippen LogP contribution in [0.15, 0.2) is 84.4 Å². The Kier molecular flexibility index (Phi) is 29.6. The number of carbonyl (C=O) groups is 11. The van der Waals surface area contributed by atoms with E-state index in [2.05, 4.69) is 88.5 Å². The van der Waals surface area contributed by atoms with Crippen molar-refractivity contribution in [2.75, 3.05) is 32.8 Å². The largest absolute Gasteiger partial charge is 0.494 e. The maximum absolute atomic E-state index is 15.4. The lowest BCUT2D eigenvalue weighted by Gasteiger charge is -2.34. The van der Waals surface area contributed by atoms with E-state index in [1.807, 2.05) is 19.1 Å². The lowest BCUT2D eigenvalue weighted by atomic mass is 9.90. The van der Waals surface area contributed by atoms with Gasteiger partial charge in [-0.05, 0) is 116 Å². The van der Waals surface area contributed by atoms with Crippen LogP contribution in [0.4, 0.5) is 4.39 Å². The number of aliphatic carboxylic acids is 2. The number of hydrogen-bond acceptors (Lipinski definition) is 20. The highest BCUT2D eigenvalue weighted by atomic mass is 19.1. The monoisotopic (exact) mass is 1370 g/mol. The molecule has 0 saturated carbocycles. The molecule has 0 fully saturated rings. The summed E-state index contributed by atoms with van der Waals surface area (Å²) in [6.45, 7) is 6.43. The van der Waals surface area contributed by atoms with Crippen LogP contribution in [0.1, 0.15) is 89.0 Å². The second-order valence-electron chi connectivity index (χ2n) is 23.5. The van der Waals surface area contributed by atoms with Crippen LogP contribution in [-0.4, -0.2) is 208 Å². The number of carboxylic acid groups (broad SMARTS) is 2. The molecule has 0 aliphatic heterocycles. The zero-order chi connectivity index (χ0) is 72.3. The topological polar surface area (TPSA) is 538 Å². The van der Waals surface area contributed by atoms with Gasteiger partial charge in [-0.1, -0.05) is 60.6 Å². The molecule has 0 saturated heterocycles. The summed E-state index contributed by atoms with van der Waals surface area (Å²) in [6.07, 6.45) is -0.859. The van der Waals surface area contributed by atoms with E-state index in [0.29, 0.717) is 55.8 Å². The van der Waals surface area contributed by atoms with Gasteiger partial charge in [-0.15, -0.1) is 5.10 Å². The van der Waals surface area contributed by atoms with Crippen LogP contribution in [0, 0.1) is 11.2 Å². The number of aliphatic hydroxyl groups excluding tert-OH is 3. The minimum Gasteiger partial charge on any atom is -0.494 e. The van der Waals surface area contributed by atoms with E-state index >= 15 is 4.39 Å². The van der Waals surface area contributed by atoms with Gasteiger partial charge in [-0.25, -0.2) is 19.3 Å². The number of aryl methyl sites for hydroxylation is 1. The lowest BCUT2D eigenvalue weighted by Crippen LogP contribution is -2.67. The number of benzene rings is 3. The molecule has 36 heteroatoms. The minimum absolute atomic E-state index is 0.00601. The van der Waals surface area contributed by atoms with Gasteiger partial charge in [0, 0.05) is 55.6 Å². The highest BCUT2D eigenvalue weighted by Gasteiger charge is 2.43. The number of carbonyl (C=O) groups excluding carboxylic acids is 9. The average Bonchev–Trinajstić information content (AvgIpc) is 0.914. The number of ether oxygens (including phenoxy) is 1. The van der Waals surface area contributed by atoms with Gasteiger partial charge in [0.2, 0.25) is 53.2 Å². The molecule has 2 heterocycles. The van der Waals surface area contributed by atoms with Gasteiger partial charge >= 0.3 is 11.9 Å². The summed E-state index contributed by atoms with van der Waals surface area (Å²) in [5.74, 6) is -13.9. The van der Waals surface area contributed by atoms with E-state index in [1.165, 1.54) is 38.4 Å². The molecule has 0 aliphatic rings. The van der Waals surface area contributed by atoms with Crippen molar-refractivity contribution < 1.29 is 87.4 Å². The zero-order valence-electron chi connectivity index (χ0n) is 54.5. The van der Waals surface area contributed by atoms with Crippen LogP contribution >= 0.6 is 0 Å². The number of aliphatic hydroxyl groups is 3. The number of hydrogen-bond donors (Lipinski definition) is 16. The fraction of sp³-hybridized carbons (Fsp3) is 0.468. The normalized spacial score (nSPS) is 14.2. The molecule has 0 spiro atoms. The Morgan fingerprint density at radius 3 is 2.02 bits per heavy atom. The van der Waals surface area contributed by atoms with Crippen LogP contribution in [0.3, 0.4) is 0 Å². The van der Waals surface area contributed by atoms with Crippen molar-refractivity contribution in [2.24, 2.45) is 10.5 Å². The fourth-order valence-corrected chi connectivity index (χ4v) is 9.64. The van der Waals surface area contributed by atoms with E-state index in [1.54, 1.807) is 36.5 Å².